The monoisotopic (exact) mass is 122 g/mol. The fraction of sp³-hybridized carbons (Fsp3) is 0.375. The first-order chi connectivity index (χ1) is 4.29. The van der Waals surface area contributed by atoms with Gasteiger partial charge in [-0.15, -0.1) is 6.58 Å². The molecule has 0 heterocycles. The summed E-state index contributed by atoms with van der Waals surface area (Å²) in [5.74, 6) is 0.829. The summed E-state index contributed by atoms with van der Waals surface area (Å²) in [6.07, 6.45) is 4.22. The number of ketones is 1. The van der Waals surface area contributed by atoms with Crippen molar-refractivity contribution in [2.45, 2.75) is 6.42 Å². The van der Waals surface area contributed by atoms with Gasteiger partial charge in [0.2, 0.25) is 0 Å². The fourth-order valence-corrected chi connectivity index (χ4v) is 0.954. The van der Waals surface area contributed by atoms with Crippen molar-refractivity contribution in [3.8, 4) is 0 Å². The van der Waals surface area contributed by atoms with E-state index in [9.17, 15) is 4.79 Å². The van der Waals surface area contributed by atoms with Crippen LogP contribution in [0.3, 0.4) is 0 Å². The number of hydrogen-bond donors (Lipinski definition) is 0. The summed E-state index contributed by atoms with van der Waals surface area (Å²) in [5.41, 5.74) is 0. The zero-order valence-electron chi connectivity index (χ0n) is 5.34. The van der Waals surface area contributed by atoms with Gasteiger partial charge in [-0.3, -0.25) is 4.79 Å². The largest absolute Gasteiger partial charge is 0.295 e. The Balaban J connectivity index is 2.41. The summed E-state index contributed by atoms with van der Waals surface area (Å²) >= 11 is 0. The van der Waals surface area contributed by atoms with Crippen LogP contribution in [-0.2, 0) is 4.79 Å². The van der Waals surface area contributed by atoms with Crippen LogP contribution < -0.4 is 0 Å². The molecule has 0 aromatic rings. The van der Waals surface area contributed by atoms with E-state index in [0.29, 0.717) is 5.92 Å². The van der Waals surface area contributed by atoms with Gasteiger partial charge in [0.05, 0.1) is 0 Å². The lowest BCUT2D eigenvalue weighted by Crippen LogP contribution is -1.94. The highest BCUT2D eigenvalue weighted by Gasteiger charge is 2.38. The molecule has 1 rings (SSSR count). The molecule has 0 amide bonds. The Morgan fingerprint density at radius 2 is 2.22 bits per heavy atom. The third-order valence-corrected chi connectivity index (χ3v) is 1.71. The molecule has 1 nitrogen and oxygen atoms in total. The molecule has 1 aliphatic rings. The van der Waals surface area contributed by atoms with Crippen molar-refractivity contribution in [2.24, 2.45) is 11.8 Å². The molecule has 1 heteroatoms. The van der Waals surface area contributed by atoms with E-state index in [0.717, 1.165) is 6.42 Å². The fourth-order valence-electron chi connectivity index (χ4n) is 0.954. The van der Waals surface area contributed by atoms with Crippen molar-refractivity contribution in [3.63, 3.8) is 0 Å². The molecule has 0 saturated heterocycles. The Hall–Kier alpha value is -0.850. The molecule has 9 heavy (non-hydrogen) atoms. The molecule has 1 fully saturated rings. The second-order valence-corrected chi connectivity index (χ2v) is 2.35. The van der Waals surface area contributed by atoms with E-state index in [2.05, 4.69) is 13.2 Å². The molecule has 0 aliphatic heterocycles. The summed E-state index contributed by atoms with van der Waals surface area (Å²) < 4.78 is 0. The van der Waals surface area contributed by atoms with E-state index >= 15 is 0 Å². The lowest BCUT2D eigenvalue weighted by Gasteiger charge is -1.84. The van der Waals surface area contributed by atoms with Gasteiger partial charge in [-0.25, -0.2) is 0 Å². The topological polar surface area (TPSA) is 17.1 Å². The molecule has 0 spiro atoms. The highest BCUT2D eigenvalue weighted by atomic mass is 16.1. The zero-order chi connectivity index (χ0) is 6.85. The molecule has 0 N–H and O–H groups in total. The Morgan fingerprint density at radius 1 is 1.56 bits per heavy atom. The minimum Gasteiger partial charge on any atom is -0.295 e. The number of carbonyl (C=O) groups is 1. The van der Waals surface area contributed by atoms with Gasteiger partial charge in [-0.1, -0.05) is 12.7 Å². The minimum absolute atomic E-state index is 0.167. The molecule has 0 aromatic heterocycles. The highest BCUT2D eigenvalue weighted by molar-refractivity contribution is 5.93. The zero-order valence-corrected chi connectivity index (χ0v) is 5.34. The van der Waals surface area contributed by atoms with Gasteiger partial charge in [0.25, 0.3) is 0 Å². The van der Waals surface area contributed by atoms with Crippen LogP contribution in [0.1, 0.15) is 6.42 Å². The predicted octanol–water partition coefficient (Wildman–Crippen LogP) is 1.56. The average molecular weight is 122 g/mol. The van der Waals surface area contributed by atoms with Crippen LogP contribution in [0.25, 0.3) is 0 Å². The summed E-state index contributed by atoms with van der Waals surface area (Å²) in [7, 11) is 0. The molecule has 0 aromatic carbocycles. The van der Waals surface area contributed by atoms with Gasteiger partial charge in [0, 0.05) is 5.92 Å². The quantitative estimate of drug-likeness (QED) is 0.410. The van der Waals surface area contributed by atoms with Crippen LogP contribution in [-0.4, -0.2) is 5.78 Å². The Morgan fingerprint density at radius 3 is 2.56 bits per heavy atom. The lowest BCUT2D eigenvalue weighted by molar-refractivity contribution is -0.115. The van der Waals surface area contributed by atoms with Gasteiger partial charge < -0.3 is 0 Å². The summed E-state index contributed by atoms with van der Waals surface area (Å²) in [4.78, 5) is 10.8. The van der Waals surface area contributed by atoms with Crippen LogP contribution in [0.2, 0.25) is 0 Å². The van der Waals surface area contributed by atoms with E-state index in [-0.39, 0.29) is 11.7 Å². The predicted molar refractivity (Wildman–Crippen MR) is 37.0 cm³/mol. The van der Waals surface area contributed by atoms with Crippen molar-refractivity contribution in [1.29, 1.82) is 0 Å². The van der Waals surface area contributed by atoms with Crippen LogP contribution >= 0.6 is 0 Å². The van der Waals surface area contributed by atoms with Gasteiger partial charge in [-0.2, -0.15) is 0 Å². The highest BCUT2D eigenvalue weighted by Crippen LogP contribution is 2.39. The summed E-state index contributed by atoms with van der Waals surface area (Å²) in [6, 6.07) is 0. The van der Waals surface area contributed by atoms with Crippen molar-refractivity contribution in [1.82, 2.24) is 0 Å². The first-order valence-electron chi connectivity index (χ1n) is 3.08. The molecule has 0 radical (unpaired) electrons. The van der Waals surface area contributed by atoms with Crippen LogP contribution in [0.15, 0.2) is 25.3 Å². The molecule has 1 unspecified atom stereocenters. The Kier molecular flexibility index (Phi) is 1.52. The molecule has 0 bridgehead atoms. The van der Waals surface area contributed by atoms with Crippen LogP contribution in [0.4, 0.5) is 0 Å². The van der Waals surface area contributed by atoms with Crippen molar-refractivity contribution in [2.75, 3.05) is 0 Å². The maximum Gasteiger partial charge on any atom is 0.158 e. The van der Waals surface area contributed by atoms with Gasteiger partial charge >= 0.3 is 0 Å². The first kappa shape index (κ1) is 6.27. The number of rotatable bonds is 3. The average Bonchev–Trinajstić information content (AvgIpc) is 2.64. The van der Waals surface area contributed by atoms with Crippen molar-refractivity contribution in [3.05, 3.63) is 25.3 Å². The molecule has 48 valence electrons. The maximum atomic E-state index is 10.8. The second-order valence-electron chi connectivity index (χ2n) is 2.35. The van der Waals surface area contributed by atoms with Gasteiger partial charge in [-0.05, 0) is 18.4 Å². The normalized spacial score (nSPS) is 31.1. The molecule has 1 saturated carbocycles. The lowest BCUT2D eigenvalue weighted by atomic mass is 10.2. The molecular formula is C8H10O. The maximum absolute atomic E-state index is 10.8. The first-order valence-corrected chi connectivity index (χ1v) is 3.08. The van der Waals surface area contributed by atoms with Crippen molar-refractivity contribution < 1.29 is 4.79 Å². The Labute approximate surface area is 55.1 Å². The smallest absolute Gasteiger partial charge is 0.158 e. The van der Waals surface area contributed by atoms with E-state index in [4.69, 9.17) is 0 Å². The second kappa shape index (κ2) is 2.18. The van der Waals surface area contributed by atoms with Crippen LogP contribution in [0.5, 0.6) is 0 Å². The summed E-state index contributed by atoms with van der Waals surface area (Å²) in [6.45, 7) is 7.01. The van der Waals surface area contributed by atoms with E-state index in [1.54, 1.807) is 0 Å². The third kappa shape index (κ3) is 1.10. The number of carbonyl (C=O) groups excluding carboxylic acids is 1. The SMILES string of the molecule is C=CC(=O)C1C[C@H]1C=C. The van der Waals surface area contributed by atoms with Gasteiger partial charge in [0.15, 0.2) is 5.78 Å². The minimum atomic E-state index is 0.167. The summed E-state index contributed by atoms with van der Waals surface area (Å²) in [5, 5.41) is 0. The molecule has 2 atom stereocenters. The van der Waals surface area contributed by atoms with E-state index in [1.807, 2.05) is 6.08 Å². The van der Waals surface area contributed by atoms with E-state index in [1.165, 1.54) is 6.08 Å². The van der Waals surface area contributed by atoms with Crippen molar-refractivity contribution >= 4 is 5.78 Å². The third-order valence-electron chi connectivity index (χ3n) is 1.71. The number of allylic oxidation sites excluding steroid dienone is 2. The Bertz CT molecular complexity index is 158. The molecule has 1 aliphatic carbocycles. The van der Waals surface area contributed by atoms with Gasteiger partial charge in [0.1, 0.15) is 0 Å². The number of hydrogen-bond acceptors (Lipinski definition) is 1. The van der Waals surface area contributed by atoms with Crippen LogP contribution in [0, 0.1) is 11.8 Å². The standard InChI is InChI=1S/C8H10O/c1-3-6-5-7(6)8(9)4-2/h3-4,6-7H,1-2,5H2/t6-,7?/m1/s1. The molecular weight excluding hydrogens is 112 g/mol. The van der Waals surface area contributed by atoms with E-state index < -0.39 is 0 Å².